The van der Waals surface area contributed by atoms with Gasteiger partial charge in [-0.2, -0.15) is 0 Å². The van der Waals surface area contributed by atoms with Crippen LogP contribution in [0.1, 0.15) is 56.0 Å². The Kier molecular flexibility index (Phi) is 4.96. The minimum absolute atomic E-state index is 0.0894. The largest absolute Gasteiger partial charge is 0.447 e. The zero-order valence-corrected chi connectivity index (χ0v) is 14.5. The molecule has 6 heteroatoms. The molecule has 3 amide bonds. The molecule has 0 spiro atoms. The van der Waals surface area contributed by atoms with E-state index < -0.39 is 12.0 Å². The highest BCUT2D eigenvalue weighted by atomic mass is 16.6. The van der Waals surface area contributed by atoms with E-state index in [0.717, 1.165) is 5.56 Å². The van der Waals surface area contributed by atoms with E-state index in [9.17, 15) is 14.4 Å². The SMILES string of the molecule is C[C@H](CC(=O)N1C(=O)OCC1C(C)(C)C)c1ccc(C(N)=O)cc1. The van der Waals surface area contributed by atoms with Crippen molar-refractivity contribution in [1.82, 2.24) is 4.90 Å². The second-order valence-electron chi connectivity index (χ2n) is 7.31. The summed E-state index contributed by atoms with van der Waals surface area (Å²) >= 11 is 0. The van der Waals surface area contributed by atoms with Gasteiger partial charge in [-0.15, -0.1) is 0 Å². The summed E-state index contributed by atoms with van der Waals surface area (Å²) < 4.78 is 5.07. The fraction of sp³-hybridized carbons (Fsp3) is 0.500. The molecule has 24 heavy (non-hydrogen) atoms. The molecule has 1 saturated heterocycles. The molecule has 1 aliphatic rings. The fourth-order valence-corrected chi connectivity index (χ4v) is 2.79. The number of carbonyl (C=O) groups is 3. The number of nitrogens with zero attached hydrogens (tertiary/aromatic N) is 1. The van der Waals surface area contributed by atoms with Crippen molar-refractivity contribution in [1.29, 1.82) is 0 Å². The summed E-state index contributed by atoms with van der Waals surface area (Å²) in [5.41, 5.74) is 6.32. The second kappa shape index (κ2) is 6.63. The van der Waals surface area contributed by atoms with E-state index in [1.165, 1.54) is 4.90 Å². The van der Waals surface area contributed by atoms with Crippen LogP contribution in [0.3, 0.4) is 0 Å². The molecule has 2 N–H and O–H groups in total. The first-order valence-corrected chi connectivity index (χ1v) is 8.00. The highest BCUT2D eigenvalue weighted by molar-refractivity contribution is 5.94. The van der Waals surface area contributed by atoms with Crippen LogP contribution >= 0.6 is 0 Å². The van der Waals surface area contributed by atoms with Gasteiger partial charge in [0.05, 0.1) is 6.04 Å². The molecule has 130 valence electrons. The van der Waals surface area contributed by atoms with Gasteiger partial charge >= 0.3 is 6.09 Å². The van der Waals surface area contributed by atoms with Crippen molar-refractivity contribution in [3.8, 4) is 0 Å². The summed E-state index contributed by atoms with van der Waals surface area (Å²) in [7, 11) is 0. The van der Waals surface area contributed by atoms with Crippen LogP contribution in [0.25, 0.3) is 0 Å². The zero-order chi connectivity index (χ0) is 18.1. The number of imide groups is 1. The topological polar surface area (TPSA) is 89.7 Å². The minimum Gasteiger partial charge on any atom is -0.447 e. The van der Waals surface area contributed by atoms with Crippen LogP contribution in [0.15, 0.2) is 24.3 Å². The van der Waals surface area contributed by atoms with Gasteiger partial charge in [0.15, 0.2) is 0 Å². The number of hydrogen-bond donors (Lipinski definition) is 1. The molecule has 1 aromatic rings. The number of nitrogens with two attached hydrogens (primary N) is 1. The molecule has 1 fully saturated rings. The first-order valence-electron chi connectivity index (χ1n) is 8.00. The van der Waals surface area contributed by atoms with Gasteiger partial charge in [0.25, 0.3) is 0 Å². The number of carbonyl (C=O) groups excluding carboxylic acids is 3. The molecule has 0 aliphatic carbocycles. The van der Waals surface area contributed by atoms with Crippen molar-refractivity contribution in [2.45, 2.75) is 46.1 Å². The molecule has 0 saturated carbocycles. The predicted octanol–water partition coefficient (Wildman–Crippen LogP) is 2.67. The molecule has 1 aliphatic heterocycles. The van der Waals surface area contributed by atoms with Crippen LogP contribution in [0.4, 0.5) is 4.79 Å². The maximum absolute atomic E-state index is 12.6. The molecule has 1 unspecified atom stereocenters. The summed E-state index contributed by atoms with van der Waals surface area (Å²) in [5, 5.41) is 0. The molecule has 6 nitrogen and oxygen atoms in total. The molecule has 0 aromatic heterocycles. The predicted molar refractivity (Wildman–Crippen MR) is 89.4 cm³/mol. The zero-order valence-electron chi connectivity index (χ0n) is 14.5. The Labute approximate surface area is 142 Å². The van der Waals surface area contributed by atoms with E-state index in [0.29, 0.717) is 5.56 Å². The molecular formula is C18H24N2O4. The fourth-order valence-electron chi connectivity index (χ4n) is 2.79. The third kappa shape index (κ3) is 3.75. The molecule has 1 aromatic carbocycles. The lowest BCUT2D eigenvalue weighted by Gasteiger charge is -2.31. The van der Waals surface area contributed by atoms with Crippen molar-refractivity contribution >= 4 is 17.9 Å². The van der Waals surface area contributed by atoms with Crippen molar-refractivity contribution in [3.63, 3.8) is 0 Å². The molecule has 1 heterocycles. The Hall–Kier alpha value is -2.37. The highest BCUT2D eigenvalue weighted by Crippen LogP contribution is 2.31. The lowest BCUT2D eigenvalue weighted by molar-refractivity contribution is -0.131. The highest BCUT2D eigenvalue weighted by Gasteiger charge is 2.44. The van der Waals surface area contributed by atoms with Gasteiger partial charge in [0, 0.05) is 12.0 Å². The van der Waals surface area contributed by atoms with Crippen molar-refractivity contribution in [2.24, 2.45) is 11.1 Å². The Morgan fingerprint density at radius 1 is 1.29 bits per heavy atom. The van der Waals surface area contributed by atoms with E-state index in [1.54, 1.807) is 24.3 Å². The summed E-state index contributed by atoms with van der Waals surface area (Å²) in [6.45, 7) is 8.07. The number of rotatable bonds is 4. The van der Waals surface area contributed by atoms with E-state index >= 15 is 0 Å². The quantitative estimate of drug-likeness (QED) is 0.918. The molecule has 2 rings (SSSR count). The summed E-state index contributed by atoms with van der Waals surface area (Å²) in [6.07, 6.45) is -0.381. The molecular weight excluding hydrogens is 308 g/mol. The second-order valence-corrected chi connectivity index (χ2v) is 7.31. The van der Waals surface area contributed by atoms with Crippen LogP contribution in [-0.4, -0.2) is 35.5 Å². The van der Waals surface area contributed by atoms with Crippen molar-refractivity contribution in [2.75, 3.05) is 6.61 Å². The lowest BCUT2D eigenvalue weighted by Crippen LogP contribution is -2.46. The standard InChI is InChI=1S/C18H24N2O4/c1-11(12-5-7-13(8-6-12)16(19)22)9-15(21)20-14(18(2,3)4)10-24-17(20)23/h5-8,11,14H,9-10H2,1-4H3,(H2,19,22)/t11-,14?/m1/s1. The summed E-state index contributed by atoms with van der Waals surface area (Å²) in [6, 6.07) is 6.58. The normalized spacial score (nSPS) is 19.1. The van der Waals surface area contributed by atoms with Crippen LogP contribution in [0.2, 0.25) is 0 Å². The van der Waals surface area contributed by atoms with E-state index in [-0.39, 0.29) is 36.3 Å². The van der Waals surface area contributed by atoms with Crippen LogP contribution < -0.4 is 5.73 Å². The van der Waals surface area contributed by atoms with E-state index in [1.807, 2.05) is 27.7 Å². The Balaban J connectivity index is 2.10. The third-order valence-corrected chi connectivity index (χ3v) is 4.39. The monoisotopic (exact) mass is 332 g/mol. The first-order chi connectivity index (χ1) is 11.1. The Bertz CT molecular complexity index is 646. The summed E-state index contributed by atoms with van der Waals surface area (Å²) in [4.78, 5) is 36.9. The number of amides is 3. The van der Waals surface area contributed by atoms with Crippen LogP contribution in [-0.2, 0) is 9.53 Å². The van der Waals surface area contributed by atoms with Gasteiger partial charge in [-0.25, -0.2) is 9.69 Å². The lowest BCUT2D eigenvalue weighted by atomic mass is 9.86. The van der Waals surface area contributed by atoms with Gasteiger partial charge in [-0.3, -0.25) is 9.59 Å². The van der Waals surface area contributed by atoms with Gasteiger partial charge in [-0.1, -0.05) is 39.8 Å². The molecule has 2 atom stereocenters. The van der Waals surface area contributed by atoms with Crippen molar-refractivity contribution in [3.05, 3.63) is 35.4 Å². The van der Waals surface area contributed by atoms with Crippen molar-refractivity contribution < 1.29 is 19.1 Å². The number of ether oxygens (including phenoxy) is 1. The average molecular weight is 332 g/mol. The van der Waals surface area contributed by atoms with Gasteiger partial charge in [0.1, 0.15) is 6.61 Å². The van der Waals surface area contributed by atoms with Gasteiger partial charge in [-0.05, 0) is 29.0 Å². The number of primary amides is 1. The Morgan fingerprint density at radius 2 is 1.88 bits per heavy atom. The van der Waals surface area contributed by atoms with Crippen LogP contribution in [0, 0.1) is 5.41 Å². The average Bonchev–Trinajstić information content (AvgIpc) is 2.89. The number of benzene rings is 1. The van der Waals surface area contributed by atoms with Crippen LogP contribution in [0.5, 0.6) is 0 Å². The maximum atomic E-state index is 12.6. The summed E-state index contributed by atoms with van der Waals surface area (Å²) in [5.74, 6) is -0.824. The van der Waals surface area contributed by atoms with Gasteiger partial charge < -0.3 is 10.5 Å². The molecule has 0 radical (unpaired) electrons. The Morgan fingerprint density at radius 3 is 2.38 bits per heavy atom. The number of hydrogen-bond acceptors (Lipinski definition) is 4. The van der Waals surface area contributed by atoms with Gasteiger partial charge in [0.2, 0.25) is 11.8 Å². The first kappa shape index (κ1) is 18.0. The maximum Gasteiger partial charge on any atom is 0.416 e. The molecule has 0 bridgehead atoms. The third-order valence-electron chi connectivity index (χ3n) is 4.39. The van der Waals surface area contributed by atoms with E-state index in [2.05, 4.69) is 0 Å². The van der Waals surface area contributed by atoms with E-state index in [4.69, 9.17) is 10.5 Å². The minimum atomic E-state index is -0.573. The smallest absolute Gasteiger partial charge is 0.416 e. The number of cyclic esters (lactones) is 1.